The molecule has 3 amide bonds. The van der Waals surface area contributed by atoms with Crippen molar-refractivity contribution in [2.24, 2.45) is 5.73 Å². The van der Waals surface area contributed by atoms with E-state index in [0.717, 1.165) is 5.56 Å². The summed E-state index contributed by atoms with van der Waals surface area (Å²) in [4.78, 5) is 22.7. The Morgan fingerprint density at radius 1 is 1.40 bits per heavy atom. The van der Waals surface area contributed by atoms with Crippen LogP contribution in [0.1, 0.15) is 32.8 Å². The molecule has 1 aromatic rings. The van der Waals surface area contributed by atoms with Gasteiger partial charge in [0, 0.05) is 41.5 Å². The van der Waals surface area contributed by atoms with Crippen LogP contribution in [0.25, 0.3) is 0 Å². The summed E-state index contributed by atoms with van der Waals surface area (Å²) in [6.07, 6.45) is 0.199. The molecule has 138 valence electrons. The van der Waals surface area contributed by atoms with E-state index in [-0.39, 0.29) is 18.1 Å². The van der Waals surface area contributed by atoms with Crippen molar-refractivity contribution >= 4 is 23.3 Å². The number of amides is 3. The Balaban J connectivity index is 2.11. The average Bonchev–Trinajstić information content (AvgIpc) is 2.48. The number of rotatable bonds is 6. The molecule has 1 aromatic carbocycles. The number of β-amino-alcohol motifs (C(OH)–C–C–N with tert-alkyl or cyclic N) is 1. The second kappa shape index (κ2) is 7.71. The topological polar surface area (TPSA) is 126 Å². The largest absolute Gasteiger partial charge is 0.490 e. The molecule has 25 heavy (non-hydrogen) atoms. The van der Waals surface area contributed by atoms with Gasteiger partial charge in [0.2, 0.25) is 5.91 Å². The number of urea groups is 1. The lowest BCUT2D eigenvalue weighted by molar-refractivity contribution is -0.116. The van der Waals surface area contributed by atoms with Crippen LogP contribution in [0.4, 0.5) is 16.2 Å². The third kappa shape index (κ3) is 5.91. The molecule has 0 bridgehead atoms. The van der Waals surface area contributed by atoms with Crippen molar-refractivity contribution in [2.75, 3.05) is 23.8 Å². The van der Waals surface area contributed by atoms with Crippen LogP contribution in [0.3, 0.4) is 0 Å². The third-order valence-electron chi connectivity index (χ3n) is 3.65. The molecule has 1 unspecified atom stereocenters. The van der Waals surface area contributed by atoms with Gasteiger partial charge in [-0.15, -0.1) is 0 Å². The van der Waals surface area contributed by atoms with E-state index in [4.69, 9.17) is 10.5 Å². The first kappa shape index (κ1) is 19.0. The van der Waals surface area contributed by atoms with Crippen LogP contribution < -0.4 is 26.4 Å². The summed E-state index contributed by atoms with van der Waals surface area (Å²) in [5, 5.41) is 18.5. The van der Waals surface area contributed by atoms with Gasteiger partial charge in [-0.25, -0.2) is 4.79 Å². The van der Waals surface area contributed by atoms with E-state index < -0.39 is 12.1 Å². The predicted molar refractivity (Wildman–Crippen MR) is 95.9 cm³/mol. The van der Waals surface area contributed by atoms with Gasteiger partial charge in [0.05, 0.1) is 0 Å². The Morgan fingerprint density at radius 2 is 2.12 bits per heavy atom. The second-order valence-electron chi connectivity index (χ2n) is 7.13. The molecule has 1 aliphatic rings. The second-order valence-corrected chi connectivity index (χ2v) is 7.13. The van der Waals surface area contributed by atoms with E-state index >= 15 is 0 Å². The van der Waals surface area contributed by atoms with Crippen LogP contribution in [0.15, 0.2) is 12.1 Å². The normalized spacial score (nSPS) is 15.1. The standard InChI is InChI=1S/C17H26N4O4/c1-17(2,3)19-8-11(22)9-25-14-7-10(20-16(18)24)6-13-12(14)4-5-15(23)21-13/h6-7,11,19,22H,4-5,8-9H2,1-3H3,(H,21,23)(H3,18,20,24). The number of nitrogens with one attached hydrogen (secondary N) is 3. The van der Waals surface area contributed by atoms with Crippen molar-refractivity contribution < 1.29 is 19.4 Å². The minimum Gasteiger partial charge on any atom is -0.490 e. The smallest absolute Gasteiger partial charge is 0.316 e. The predicted octanol–water partition coefficient (Wildman–Crippen LogP) is 1.19. The molecule has 0 spiro atoms. The molecule has 0 radical (unpaired) electrons. The van der Waals surface area contributed by atoms with Crippen LogP contribution >= 0.6 is 0 Å². The van der Waals surface area contributed by atoms with Crippen LogP contribution in [0.5, 0.6) is 5.75 Å². The van der Waals surface area contributed by atoms with Crippen LogP contribution in [0.2, 0.25) is 0 Å². The van der Waals surface area contributed by atoms with Crippen LogP contribution in [-0.4, -0.2) is 41.8 Å². The lowest BCUT2D eigenvalue weighted by Gasteiger charge is -2.24. The highest BCUT2D eigenvalue weighted by atomic mass is 16.5. The van der Waals surface area contributed by atoms with Gasteiger partial charge in [-0.3, -0.25) is 4.79 Å². The van der Waals surface area contributed by atoms with E-state index in [9.17, 15) is 14.7 Å². The number of carbonyl (C=O) groups is 2. The molecule has 6 N–H and O–H groups in total. The third-order valence-corrected chi connectivity index (χ3v) is 3.65. The quantitative estimate of drug-likeness (QED) is 0.527. The van der Waals surface area contributed by atoms with Gasteiger partial charge in [-0.2, -0.15) is 0 Å². The molecule has 8 nitrogen and oxygen atoms in total. The Bertz CT molecular complexity index is 655. The number of benzene rings is 1. The Kier molecular flexibility index (Phi) is 5.86. The van der Waals surface area contributed by atoms with Crippen molar-refractivity contribution in [3.05, 3.63) is 17.7 Å². The zero-order valence-electron chi connectivity index (χ0n) is 14.8. The molecule has 1 atom stereocenters. The van der Waals surface area contributed by atoms with E-state index in [2.05, 4.69) is 16.0 Å². The maximum atomic E-state index is 11.6. The van der Waals surface area contributed by atoms with Gasteiger partial charge in [-0.1, -0.05) is 0 Å². The Labute approximate surface area is 147 Å². The average molecular weight is 350 g/mol. The molecule has 2 rings (SSSR count). The number of primary amides is 1. The Hall–Kier alpha value is -2.32. The number of aliphatic hydroxyl groups is 1. The number of anilines is 2. The van der Waals surface area contributed by atoms with Gasteiger partial charge >= 0.3 is 6.03 Å². The molecular weight excluding hydrogens is 324 g/mol. The highest BCUT2D eigenvalue weighted by molar-refractivity contribution is 5.96. The van der Waals surface area contributed by atoms with E-state index in [1.807, 2.05) is 20.8 Å². The molecular formula is C17H26N4O4. The number of hydrogen-bond acceptors (Lipinski definition) is 5. The van der Waals surface area contributed by atoms with Crippen LogP contribution in [0, 0.1) is 0 Å². The summed E-state index contributed by atoms with van der Waals surface area (Å²) in [7, 11) is 0. The number of nitrogens with two attached hydrogens (primary N) is 1. The zero-order chi connectivity index (χ0) is 18.6. The fraction of sp³-hybridized carbons (Fsp3) is 0.529. The number of ether oxygens (including phenoxy) is 1. The molecule has 0 saturated carbocycles. The maximum Gasteiger partial charge on any atom is 0.316 e. The zero-order valence-corrected chi connectivity index (χ0v) is 14.8. The van der Waals surface area contributed by atoms with E-state index in [0.29, 0.717) is 36.5 Å². The minimum absolute atomic E-state index is 0.0868. The van der Waals surface area contributed by atoms with E-state index in [1.54, 1.807) is 12.1 Å². The number of hydrogen-bond donors (Lipinski definition) is 5. The fourth-order valence-electron chi connectivity index (χ4n) is 2.48. The summed E-state index contributed by atoms with van der Waals surface area (Å²) >= 11 is 0. The lowest BCUT2D eigenvalue weighted by Crippen LogP contribution is -2.42. The van der Waals surface area contributed by atoms with Gasteiger partial charge in [0.25, 0.3) is 0 Å². The monoisotopic (exact) mass is 350 g/mol. The van der Waals surface area contributed by atoms with Gasteiger partial charge in [0.1, 0.15) is 18.5 Å². The molecule has 1 aliphatic heterocycles. The first-order valence-corrected chi connectivity index (χ1v) is 8.23. The summed E-state index contributed by atoms with van der Waals surface area (Å²) in [6, 6.07) is 2.58. The number of aliphatic hydroxyl groups excluding tert-OH is 1. The van der Waals surface area contributed by atoms with Gasteiger partial charge in [-0.05, 0) is 33.3 Å². The molecule has 0 aromatic heterocycles. The fourth-order valence-corrected chi connectivity index (χ4v) is 2.48. The van der Waals surface area contributed by atoms with Crippen LogP contribution in [-0.2, 0) is 11.2 Å². The number of fused-ring (bicyclic) bond motifs is 1. The summed E-state index contributed by atoms with van der Waals surface area (Å²) in [5.41, 5.74) is 6.90. The van der Waals surface area contributed by atoms with Crippen molar-refractivity contribution in [2.45, 2.75) is 45.3 Å². The highest BCUT2D eigenvalue weighted by Crippen LogP contribution is 2.35. The first-order chi connectivity index (χ1) is 11.6. The van der Waals surface area contributed by atoms with Crippen molar-refractivity contribution in [1.82, 2.24) is 5.32 Å². The van der Waals surface area contributed by atoms with E-state index in [1.165, 1.54) is 0 Å². The SMILES string of the molecule is CC(C)(C)NCC(O)COc1cc(NC(N)=O)cc2c1CCC(=O)N2. The summed E-state index contributed by atoms with van der Waals surface area (Å²) < 4.78 is 5.76. The molecule has 0 saturated heterocycles. The summed E-state index contributed by atoms with van der Waals surface area (Å²) in [5.74, 6) is 0.417. The lowest BCUT2D eigenvalue weighted by atomic mass is 10.0. The van der Waals surface area contributed by atoms with Gasteiger partial charge in [0.15, 0.2) is 0 Å². The maximum absolute atomic E-state index is 11.6. The molecule has 8 heteroatoms. The van der Waals surface area contributed by atoms with Crippen molar-refractivity contribution in [3.8, 4) is 5.75 Å². The summed E-state index contributed by atoms with van der Waals surface area (Å²) in [6.45, 7) is 6.51. The molecule has 1 heterocycles. The Morgan fingerprint density at radius 3 is 2.76 bits per heavy atom. The van der Waals surface area contributed by atoms with Crippen molar-refractivity contribution in [1.29, 1.82) is 0 Å². The first-order valence-electron chi connectivity index (χ1n) is 8.23. The minimum atomic E-state index is -0.706. The highest BCUT2D eigenvalue weighted by Gasteiger charge is 2.21. The van der Waals surface area contributed by atoms with Crippen molar-refractivity contribution in [3.63, 3.8) is 0 Å². The molecule has 0 aliphatic carbocycles. The van der Waals surface area contributed by atoms with Gasteiger partial charge < -0.3 is 31.5 Å². The molecule has 0 fully saturated rings. The number of carbonyl (C=O) groups excluding carboxylic acids is 2.